The first-order valence-corrected chi connectivity index (χ1v) is 7.80. The monoisotopic (exact) mass is 317 g/mol. The lowest BCUT2D eigenvalue weighted by Gasteiger charge is -2.35. The first-order valence-electron chi connectivity index (χ1n) is 7.80. The van der Waals surface area contributed by atoms with E-state index in [9.17, 15) is 0 Å². The molecule has 3 rings (SSSR count). The van der Waals surface area contributed by atoms with E-state index in [1.807, 2.05) is 38.9 Å². The van der Waals surface area contributed by atoms with Gasteiger partial charge in [-0.05, 0) is 6.92 Å². The molecule has 0 amide bonds. The largest absolute Gasteiger partial charge is 0.424 e. The molecule has 8 nitrogen and oxygen atoms in total. The molecule has 0 bridgehead atoms. The summed E-state index contributed by atoms with van der Waals surface area (Å²) in [6.07, 6.45) is 0. The molecule has 0 aliphatic carbocycles. The molecule has 0 radical (unpaired) electrons. The van der Waals surface area contributed by atoms with E-state index in [1.54, 1.807) is 0 Å². The molecule has 0 aromatic carbocycles. The van der Waals surface area contributed by atoms with Crippen LogP contribution in [0.25, 0.3) is 0 Å². The average molecular weight is 317 g/mol. The highest BCUT2D eigenvalue weighted by molar-refractivity contribution is 5.45. The summed E-state index contributed by atoms with van der Waals surface area (Å²) in [7, 11) is 3.92. The molecule has 0 atom stereocenters. The van der Waals surface area contributed by atoms with E-state index in [2.05, 4.69) is 30.0 Å². The zero-order valence-electron chi connectivity index (χ0n) is 14.2. The Hall–Kier alpha value is -2.22. The fourth-order valence-electron chi connectivity index (χ4n) is 2.63. The third kappa shape index (κ3) is 3.76. The van der Waals surface area contributed by atoms with Crippen LogP contribution in [0.15, 0.2) is 10.5 Å². The Bertz CT molecular complexity index is 662. The minimum Gasteiger partial charge on any atom is -0.424 e. The van der Waals surface area contributed by atoms with Gasteiger partial charge in [-0.1, -0.05) is 0 Å². The van der Waals surface area contributed by atoms with Gasteiger partial charge in [0.2, 0.25) is 17.7 Å². The number of anilines is 2. The molecule has 0 spiro atoms. The van der Waals surface area contributed by atoms with Gasteiger partial charge in [0.25, 0.3) is 0 Å². The van der Waals surface area contributed by atoms with Crippen LogP contribution in [0.1, 0.15) is 17.5 Å². The molecule has 0 saturated carbocycles. The quantitative estimate of drug-likeness (QED) is 0.822. The number of hydrogen-bond acceptors (Lipinski definition) is 8. The SMILES string of the molecule is Cc1cc(N2CCN(Cc3nnc(C)o3)CC2)nc(N(C)C)n1. The van der Waals surface area contributed by atoms with Crippen molar-refractivity contribution in [3.8, 4) is 0 Å². The van der Waals surface area contributed by atoms with E-state index in [4.69, 9.17) is 4.42 Å². The molecule has 8 heteroatoms. The van der Waals surface area contributed by atoms with Crippen LogP contribution >= 0.6 is 0 Å². The number of aromatic nitrogens is 4. The van der Waals surface area contributed by atoms with Crippen molar-refractivity contribution < 1.29 is 4.42 Å². The number of rotatable bonds is 4. The number of hydrogen-bond donors (Lipinski definition) is 0. The van der Waals surface area contributed by atoms with E-state index in [0.29, 0.717) is 18.3 Å². The Morgan fingerprint density at radius 3 is 2.43 bits per heavy atom. The van der Waals surface area contributed by atoms with Crippen LogP contribution in [-0.4, -0.2) is 65.3 Å². The molecule has 23 heavy (non-hydrogen) atoms. The van der Waals surface area contributed by atoms with Gasteiger partial charge in [-0.15, -0.1) is 10.2 Å². The van der Waals surface area contributed by atoms with E-state index in [-0.39, 0.29) is 0 Å². The highest BCUT2D eigenvalue weighted by Crippen LogP contribution is 2.18. The van der Waals surface area contributed by atoms with Crippen molar-refractivity contribution in [2.24, 2.45) is 0 Å². The van der Waals surface area contributed by atoms with Crippen molar-refractivity contribution >= 4 is 11.8 Å². The zero-order chi connectivity index (χ0) is 16.4. The van der Waals surface area contributed by atoms with Crippen molar-refractivity contribution in [1.82, 2.24) is 25.1 Å². The minimum absolute atomic E-state index is 0.617. The number of nitrogens with zero attached hydrogens (tertiary/aromatic N) is 7. The normalized spacial score (nSPS) is 15.9. The third-order valence-electron chi connectivity index (χ3n) is 3.85. The van der Waals surface area contributed by atoms with Crippen LogP contribution in [0.5, 0.6) is 0 Å². The Labute approximate surface area is 136 Å². The van der Waals surface area contributed by atoms with Gasteiger partial charge in [-0.3, -0.25) is 4.90 Å². The van der Waals surface area contributed by atoms with E-state index in [0.717, 1.165) is 43.6 Å². The summed E-state index contributed by atoms with van der Waals surface area (Å²) in [6.45, 7) is 8.28. The lowest BCUT2D eigenvalue weighted by atomic mass is 10.3. The predicted molar refractivity (Wildman–Crippen MR) is 87.6 cm³/mol. The maximum Gasteiger partial charge on any atom is 0.230 e. The van der Waals surface area contributed by atoms with Crippen LogP contribution in [0.3, 0.4) is 0 Å². The third-order valence-corrected chi connectivity index (χ3v) is 3.85. The summed E-state index contributed by atoms with van der Waals surface area (Å²) in [6, 6.07) is 2.05. The Balaban J connectivity index is 1.62. The number of aryl methyl sites for hydroxylation is 2. The molecule has 1 aliphatic rings. The standard InChI is InChI=1S/C15H23N7O/c1-11-9-13(17-15(16-11)20(3)4)22-7-5-21(6-8-22)10-14-19-18-12(2)23-14/h9H,5-8,10H2,1-4H3. The van der Waals surface area contributed by atoms with Gasteiger partial charge in [0, 0.05) is 59.0 Å². The first-order chi connectivity index (χ1) is 11.0. The van der Waals surface area contributed by atoms with Crippen molar-refractivity contribution in [3.63, 3.8) is 0 Å². The highest BCUT2D eigenvalue weighted by Gasteiger charge is 2.20. The first kappa shape index (κ1) is 15.7. The average Bonchev–Trinajstić information content (AvgIpc) is 2.92. The summed E-state index contributed by atoms with van der Waals surface area (Å²) >= 11 is 0. The van der Waals surface area contributed by atoms with Crippen LogP contribution in [0, 0.1) is 13.8 Å². The zero-order valence-corrected chi connectivity index (χ0v) is 14.2. The lowest BCUT2D eigenvalue weighted by Crippen LogP contribution is -2.46. The van der Waals surface area contributed by atoms with Crippen molar-refractivity contribution in [3.05, 3.63) is 23.5 Å². The molecule has 0 unspecified atom stereocenters. The summed E-state index contributed by atoms with van der Waals surface area (Å²) < 4.78 is 5.45. The van der Waals surface area contributed by atoms with Gasteiger partial charge in [0.15, 0.2) is 0 Å². The van der Waals surface area contributed by atoms with Gasteiger partial charge < -0.3 is 14.2 Å². The van der Waals surface area contributed by atoms with Gasteiger partial charge in [0.1, 0.15) is 5.82 Å². The minimum atomic E-state index is 0.617. The van der Waals surface area contributed by atoms with Crippen molar-refractivity contribution in [2.75, 3.05) is 50.1 Å². The van der Waals surface area contributed by atoms with Crippen LogP contribution in [-0.2, 0) is 6.54 Å². The topological polar surface area (TPSA) is 74.4 Å². The molecule has 1 aliphatic heterocycles. The molecule has 1 saturated heterocycles. The molecule has 3 heterocycles. The molecular formula is C15H23N7O. The Morgan fingerprint density at radius 2 is 1.83 bits per heavy atom. The number of piperazine rings is 1. The molecule has 0 N–H and O–H groups in total. The van der Waals surface area contributed by atoms with Crippen molar-refractivity contribution in [1.29, 1.82) is 0 Å². The lowest BCUT2D eigenvalue weighted by molar-refractivity contribution is 0.224. The van der Waals surface area contributed by atoms with Crippen LogP contribution < -0.4 is 9.80 Å². The van der Waals surface area contributed by atoms with Gasteiger partial charge in [-0.25, -0.2) is 4.98 Å². The van der Waals surface area contributed by atoms with Crippen LogP contribution in [0.4, 0.5) is 11.8 Å². The smallest absolute Gasteiger partial charge is 0.230 e. The Morgan fingerprint density at radius 1 is 1.09 bits per heavy atom. The summed E-state index contributed by atoms with van der Waals surface area (Å²) in [5, 5.41) is 7.94. The van der Waals surface area contributed by atoms with Crippen LogP contribution in [0.2, 0.25) is 0 Å². The molecule has 124 valence electrons. The Kier molecular flexibility index (Phi) is 4.42. The van der Waals surface area contributed by atoms with Gasteiger partial charge in [-0.2, -0.15) is 4.98 Å². The summed E-state index contributed by atoms with van der Waals surface area (Å²) in [4.78, 5) is 15.7. The molecule has 2 aromatic heterocycles. The fourth-order valence-corrected chi connectivity index (χ4v) is 2.63. The summed E-state index contributed by atoms with van der Waals surface area (Å²) in [5.74, 6) is 3.05. The maximum atomic E-state index is 5.45. The van der Waals surface area contributed by atoms with Gasteiger partial charge >= 0.3 is 0 Å². The second-order valence-corrected chi connectivity index (χ2v) is 6.04. The van der Waals surface area contributed by atoms with E-state index in [1.165, 1.54) is 0 Å². The second kappa shape index (κ2) is 6.49. The molecule has 2 aromatic rings. The van der Waals surface area contributed by atoms with Crippen molar-refractivity contribution in [2.45, 2.75) is 20.4 Å². The summed E-state index contributed by atoms with van der Waals surface area (Å²) in [5.41, 5.74) is 0.988. The van der Waals surface area contributed by atoms with E-state index < -0.39 is 0 Å². The fraction of sp³-hybridized carbons (Fsp3) is 0.600. The molecule has 1 fully saturated rings. The highest BCUT2D eigenvalue weighted by atomic mass is 16.4. The van der Waals surface area contributed by atoms with Gasteiger partial charge in [0.05, 0.1) is 6.54 Å². The maximum absolute atomic E-state index is 5.45. The predicted octanol–water partition coefficient (Wildman–Crippen LogP) is 0.865. The van der Waals surface area contributed by atoms with E-state index >= 15 is 0 Å². The molecular weight excluding hydrogens is 294 g/mol. The second-order valence-electron chi connectivity index (χ2n) is 6.04.